The van der Waals surface area contributed by atoms with Crippen molar-refractivity contribution in [2.75, 3.05) is 0 Å². The molecule has 5 heteroatoms. The van der Waals surface area contributed by atoms with Crippen molar-refractivity contribution in [3.05, 3.63) is 29.6 Å². The first-order valence-electron chi connectivity index (χ1n) is 5.94. The average Bonchev–Trinajstić information content (AvgIpc) is 2.67. The highest BCUT2D eigenvalue weighted by Crippen LogP contribution is 2.27. The van der Waals surface area contributed by atoms with Crippen LogP contribution in [0.5, 0.6) is 0 Å². The van der Waals surface area contributed by atoms with E-state index in [9.17, 15) is 14.7 Å². The van der Waals surface area contributed by atoms with Gasteiger partial charge in [-0.1, -0.05) is 12.2 Å². The number of hydrogen-bond acceptors (Lipinski definition) is 4. The van der Waals surface area contributed by atoms with Gasteiger partial charge in [0, 0.05) is 17.6 Å². The van der Waals surface area contributed by atoms with Crippen molar-refractivity contribution in [3.63, 3.8) is 0 Å². The van der Waals surface area contributed by atoms with Crippen molar-refractivity contribution in [1.82, 2.24) is 9.78 Å². The van der Waals surface area contributed by atoms with E-state index in [-0.39, 0.29) is 5.91 Å². The molecule has 1 aromatic heterocycles. The van der Waals surface area contributed by atoms with Crippen LogP contribution in [0.15, 0.2) is 18.2 Å². The smallest absolute Gasteiger partial charge is 0.251 e. The van der Waals surface area contributed by atoms with Crippen LogP contribution in [-0.4, -0.2) is 21.7 Å². The first-order valence-corrected chi connectivity index (χ1v) is 5.94. The van der Waals surface area contributed by atoms with Crippen molar-refractivity contribution in [2.45, 2.75) is 26.7 Å². The maximum Gasteiger partial charge on any atom is 0.251 e. The Balaban J connectivity index is 2.30. The largest absolute Gasteiger partial charge is 0.550 e. The molecule has 0 aromatic carbocycles. The fraction of sp³-hybridized carbons (Fsp3) is 0.462. The monoisotopic (exact) mass is 247 g/mol. The number of carbonyl (C=O) groups is 2. The molecule has 1 aromatic rings. The number of allylic oxidation sites excluding steroid dienone is 2. The molecular formula is C13H15N2O3-. The van der Waals surface area contributed by atoms with E-state index in [1.165, 1.54) is 4.68 Å². The summed E-state index contributed by atoms with van der Waals surface area (Å²) < 4.78 is 1.30. The summed E-state index contributed by atoms with van der Waals surface area (Å²) in [5.41, 5.74) is 1.47. The summed E-state index contributed by atoms with van der Waals surface area (Å²) in [6.45, 7) is 3.58. The normalized spacial score (nSPS) is 23.0. The molecule has 0 amide bonds. The molecule has 2 rings (SSSR count). The maximum absolute atomic E-state index is 12.3. The molecule has 0 saturated heterocycles. The quantitative estimate of drug-likeness (QED) is 0.712. The summed E-state index contributed by atoms with van der Waals surface area (Å²) in [7, 11) is 0. The van der Waals surface area contributed by atoms with Crippen LogP contribution in [0.3, 0.4) is 0 Å². The molecule has 0 fully saturated rings. The molecule has 2 atom stereocenters. The second-order valence-corrected chi connectivity index (χ2v) is 4.65. The average molecular weight is 247 g/mol. The molecule has 0 bridgehead atoms. The van der Waals surface area contributed by atoms with Crippen LogP contribution in [0.2, 0.25) is 0 Å². The van der Waals surface area contributed by atoms with E-state index in [4.69, 9.17) is 0 Å². The number of carboxylic acids is 1. The van der Waals surface area contributed by atoms with Gasteiger partial charge in [-0.05, 0) is 32.8 Å². The van der Waals surface area contributed by atoms with Crippen molar-refractivity contribution in [1.29, 1.82) is 0 Å². The zero-order valence-corrected chi connectivity index (χ0v) is 10.4. The summed E-state index contributed by atoms with van der Waals surface area (Å²) in [5, 5.41) is 15.2. The van der Waals surface area contributed by atoms with E-state index in [1.807, 2.05) is 6.08 Å². The van der Waals surface area contributed by atoms with Crippen LogP contribution in [0, 0.1) is 25.7 Å². The van der Waals surface area contributed by atoms with E-state index < -0.39 is 17.8 Å². The molecule has 0 radical (unpaired) electrons. The molecule has 1 aliphatic rings. The lowest BCUT2D eigenvalue weighted by molar-refractivity contribution is -0.312. The van der Waals surface area contributed by atoms with Crippen molar-refractivity contribution in [2.24, 2.45) is 11.8 Å². The minimum Gasteiger partial charge on any atom is -0.550 e. The van der Waals surface area contributed by atoms with Crippen LogP contribution in [0.1, 0.15) is 29.0 Å². The maximum atomic E-state index is 12.3. The summed E-state index contributed by atoms with van der Waals surface area (Å²) in [4.78, 5) is 23.4. The minimum atomic E-state index is -1.17. The number of aliphatic carboxylic acids is 1. The zero-order valence-electron chi connectivity index (χ0n) is 10.4. The van der Waals surface area contributed by atoms with E-state index >= 15 is 0 Å². The minimum absolute atomic E-state index is 0.265. The predicted octanol–water partition coefficient (Wildman–Crippen LogP) is 0.472. The Morgan fingerprint density at radius 3 is 2.39 bits per heavy atom. The summed E-state index contributed by atoms with van der Waals surface area (Å²) in [6, 6.07) is 1.80. The number of aryl methyl sites for hydroxylation is 2. The second kappa shape index (κ2) is 4.76. The van der Waals surface area contributed by atoms with Gasteiger partial charge in [0.1, 0.15) is 0 Å². The third-order valence-corrected chi connectivity index (χ3v) is 3.27. The van der Waals surface area contributed by atoms with Crippen LogP contribution < -0.4 is 5.11 Å². The standard InChI is InChI=1S/C13H16N2O3/c1-8-7-9(2)15(14-8)12(16)10-5-3-4-6-11(10)13(17)18/h3-4,7,10-11H,5-6H2,1-2H3,(H,17,18)/p-1. The Hall–Kier alpha value is -1.91. The van der Waals surface area contributed by atoms with Crippen LogP contribution in [0.4, 0.5) is 0 Å². The molecule has 5 nitrogen and oxygen atoms in total. The molecule has 96 valence electrons. The van der Waals surface area contributed by atoms with Gasteiger partial charge in [0.05, 0.1) is 11.6 Å². The van der Waals surface area contributed by atoms with E-state index in [1.54, 1.807) is 26.0 Å². The van der Waals surface area contributed by atoms with Gasteiger partial charge in [0.15, 0.2) is 0 Å². The lowest BCUT2D eigenvalue weighted by Gasteiger charge is -2.27. The van der Waals surface area contributed by atoms with Gasteiger partial charge in [-0.3, -0.25) is 4.79 Å². The molecule has 18 heavy (non-hydrogen) atoms. The summed E-state index contributed by atoms with van der Waals surface area (Å²) in [5.74, 6) is -2.78. The topological polar surface area (TPSA) is 75.0 Å². The lowest BCUT2D eigenvalue weighted by Crippen LogP contribution is -2.41. The molecule has 0 N–H and O–H groups in total. The Kier molecular flexibility index (Phi) is 3.32. The Morgan fingerprint density at radius 2 is 1.89 bits per heavy atom. The number of rotatable bonds is 2. The van der Waals surface area contributed by atoms with Gasteiger partial charge in [0.25, 0.3) is 5.91 Å². The van der Waals surface area contributed by atoms with Crippen LogP contribution in [-0.2, 0) is 4.79 Å². The third kappa shape index (κ3) is 2.20. The van der Waals surface area contributed by atoms with Crippen LogP contribution in [0.25, 0.3) is 0 Å². The highest BCUT2D eigenvalue weighted by Gasteiger charge is 2.31. The number of aromatic nitrogens is 2. The fourth-order valence-corrected chi connectivity index (χ4v) is 2.36. The van der Waals surface area contributed by atoms with Gasteiger partial charge in [-0.25, -0.2) is 4.68 Å². The number of nitrogens with zero attached hydrogens (tertiary/aromatic N) is 2. The first-order chi connectivity index (χ1) is 8.50. The molecular weight excluding hydrogens is 232 g/mol. The third-order valence-electron chi connectivity index (χ3n) is 3.27. The number of carbonyl (C=O) groups excluding carboxylic acids is 2. The lowest BCUT2D eigenvalue weighted by atomic mass is 9.82. The summed E-state index contributed by atoms with van der Waals surface area (Å²) >= 11 is 0. The van der Waals surface area contributed by atoms with E-state index in [0.717, 1.165) is 11.4 Å². The highest BCUT2D eigenvalue weighted by atomic mass is 16.4. The predicted molar refractivity (Wildman–Crippen MR) is 62.7 cm³/mol. The van der Waals surface area contributed by atoms with Gasteiger partial charge >= 0.3 is 0 Å². The molecule has 1 heterocycles. The Morgan fingerprint density at radius 1 is 1.28 bits per heavy atom. The summed E-state index contributed by atoms with van der Waals surface area (Å²) in [6.07, 6.45) is 4.40. The van der Waals surface area contributed by atoms with E-state index in [2.05, 4.69) is 5.10 Å². The SMILES string of the molecule is Cc1cc(C)n(C(=O)C2CC=CCC2C(=O)[O-])n1. The molecule has 0 aliphatic heterocycles. The molecule has 2 unspecified atom stereocenters. The van der Waals surface area contributed by atoms with Gasteiger partial charge in [-0.2, -0.15) is 5.10 Å². The van der Waals surface area contributed by atoms with Crippen molar-refractivity contribution in [3.8, 4) is 0 Å². The van der Waals surface area contributed by atoms with Crippen molar-refractivity contribution < 1.29 is 14.7 Å². The highest BCUT2D eigenvalue weighted by molar-refractivity contribution is 5.86. The van der Waals surface area contributed by atoms with Crippen LogP contribution >= 0.6 is 0 Å². The molecule has 0 spiro atoms. The fourth-order valence-electron chi connectivity index (χ4n) is 2.36. The number of carboxylic acid groups (broad SMARTS) is 1. The van der Waals surface area contributed by atoms with Gasteiger partial charge < -0.3 is 9.90 Å². The first kappa shape index (κ1) is 12.5. The van der Waals surface area contributed by atoms with Gasteiger partial charge in [-0.15, -0.1) is 0 Å². The Bertz CT molecular complexity index is 516. The van der Waals surface area contributed by atoms with Gasteiger partial charge in [0.2, 0.25) is 0 Å². The van der Waals surface area contributed by atoms with Crippen molar-refractivity contribution >= 4 is 11.9 Å². The second-order valence-electron chi connectivity index (χ2n) is 4.65. The number of hydrogen-bond donors (Lipinski definition) is 0. The molecule has 0 saturated carbocycles. The zero-order chi connectivity index (χ0) is 13.3. The van der Waals surface area contributed by atoms with E-state index in [0.29, 0.717) is 12.8 Å². The Labute approximate surface area is 105 Å². The molecule has 1 aliphatic carbocycles.